The first-order chi connectivity index (χ1) is 15.9. The van der Waals surface area contributed by atoms with Crippen molar-refractivity contribution in [2.45, 2.75) is 44.4 Å². The average molecular weight is 468 g/mol. The average Bonchev–Trinajstić information content (AvgIpc) is 3.21. The second-order valence-electron chi connectivity index (χ2n) is 8.43. The Morgan fingerprint density at radius 1 is 1.09 bits per heavy atom. The van der Waals surface area contributed by atoms with Gasteiger partial charge in [0.05, 0.1) is 10.6 Å². The van der Waals surface area contributed by atoms with Crippen LogP contribution in [-0.4, -0.2) is 36.9 Å². The summed E-state index contributed by atoms with van der Waals surface area (Å²) in [5.74, 6) is 0.631. The minimum Gasteiger partial charge on any atom is -0.361 e. The van der Waals surface area contributed by atoms with Crippen molar-refractivity contribution in [3.63, 3.8) is 0 Å². The van der Waals surface area contributed by atoms with Crippen molar-refractivity contribution in [3.05, 3.63) is 77.2 Å². The second-order valence-corrected chi connectivity index (χ2v) is 10.4. The zero-order chi connectivity index (χ0) is 23.4. The van der Waals surface area contributed by atoms with E-state index in [2.05, 4.69) is 22.6 Å². The predicted molar refractivity (Wildman–Crippen MR) is 127 cm³/mol. The first-order valence-corrected chi connectivity index (χ1v) is 12.7. The highest BCUT2D eigenvalue weighted by Crippen LogP contribution is 2.27. The van der Waals surface area contributed by atoms with E-state index in [1.54, 1.807) is 35.5 Å². The van der Waals surface area contributed by atoms with E-state index in [1.165, 1.54) is 5.56 Å². The van der Waals surface area contributed by atoms with Crippen LogP contribution in [-0.2, 0) is 22.9 Å². The van der Waals surface area contributed by atoms with Crippen LogP contribution in [0.1, 0.15) is 47.1 Å². The van der Waals surface area contributed by atoms with Gasteiger partial charge in [-0.1, -0.05) is 42.4 Å². The van der Waals surface area contributed by atoms with Crippen molar-refractivity contribution < 1.29 is 17.7 Å². The van der Waals surface area contributed by atoms with Gasteiger partial charge in [-0.3, -0.25) is 4.79 Å². The third-order valence-corrected chi connectivity index (χ3v) is 8.10. The molecule has 7 nitrogen and oxygen atoms in total. The second kappa shape index (κ2) is 9.89. The lowest BCUT2D eigenvalue weighted by Crippen LogP contribution is -2.38. The van der Waals surface area contributed by atoms with Crippen LogP contribution < -0.4 is 5.32 Å². The molecule has 0 radical (unpaired) electrons. The summed E-state index contributed by atoms with van der Waals surface area (Å²) in [4.78, 5) is 12.9. The molecule has 0 bridgehead atoms. The van der Waals surface area contributed by atoms with E-state index in [9.17, 15) is 13.2 Å². The number of aryl methyl sites for hydroxylation is 2. The van der Waals surface area contributed by atoms with E-state index in [0.717, 1.165) is 19.3 Å². The van der Waals surface area contributed by atoms with Gasteiger partial charge in [0.15, 0.2) is 0 Å². The molecule has 1 aliphatic heterocycles. The quantitative estimate of drug-likeness (QED) is 0.555. The minimum absolute atomic E-state index is 0.234. The van der Waals surface area contributed by atoms with Crippen molar-refractivity contribution in [1.29, 1.82) is 0 Å². The maximum atomic E-state index is 13.1. The number of sulfonamides is 1. The topological polar surface area (TPSA) is 92.5 Å². The van der Waals surface area contributed by atoms with Gasteiger partial charge in [-0.05, 0) is 68.4 Å². The lowest BCUT2D eigenvalue weighted by atomic mass is 9.91. The zero-order valence-electron chi connectivity index (χ0n) is 19.0. The lowest BCUT2D eigenvalue weighted by Gasteiger charge is -2.31. The molecule has 1 N–H and O–H groups in total. The van der Waals surface area contributed by atoms with Gasteiger partial charge in [0.2, 0.25) is 10.0 Å². The van der Waals surface area contributed by atoms with Crippen LogP contribution in [0.5, 0.6) is 0 Å². The number of benzene rings is 2. The monoisotopic (exact) mass is 467 g/mol. The van der Waals surface area contributed by atoms with E-state index in [0.29, 0.717) is 48.1 Å². The normalized spacial score (nSPS) is 15.5. The van der Waals surface area contributed by atoms with Gasteiger partial charge in [-0.2, -0.15) is 4.31 Å². The molecule has 3 aromatic rings. The molecule has 0 spiro atoms. The molecule has 2 heterocycles. The van der Waals surface area contributed by atoms with Crippen LogP contribution in [0.15, 0.2) is 64.0 Å². The molecule has 0 unspecified atom stereocenters. The third kappa shape index (κ3) is 5.17. The number of amides is 1. The fourth-order valence-electron chi connectivity index (χ4n) is 4.30. The number of nitrogens with one attached hydrogen (secondary N) is 1. The number of anilines is 1. The largest absolute Gasteiger partial charge is 0.361 e. The Balaban J connectivity index is 1.38. The third-order valence-electron chi connectivity index (χ3n) is 6.19. The van der Waals surface area contributed by atoms with Gasteiger partial charge in [-0.15, -0.1) is 0 Å². The van der Waals surface area contributed by atoms with Crippen molar-refractivity contribution >= 4 is 21.6 Å². The SMILES string of the molecule is CCc1noc(C)c1C(=O)Nc1ccc(S(=O)(=O)N2CCC(Cc3ccccc3)CC2)cc1. The van der Waals surface area contributed by atoms with Crippen LogP contribution in [0.2, 0.25) is 0 Å². The Morgan fingerprint density at radius 2 is 1.76 bits per heavy atom. The summed E-state index contributed by atoms with van der Waals surface area (Å²) in [6.07, 6.45) is 3.26. The standard InChI is InChI=1S/C25H29N3O4S/c1-3-23-24(18(2)32-27-23)25(29)26-21-9-11-22(12-10-21)33(30,31)28-15-13-20(14-16-28)17-19-7-5-4-6-8-19/h4-12,20H,3,13-17H2,1-2H3,(H,26,29). The first-order valence-electron chi connectivity index (χ1n) is 11.3. The van der Waals surface area contributed by atoms with Crippen LogP contribution >= 0.6 is 0 Å². The highest BCUT2D eigenvalue weighted by Gasteiger charge is 2.29. The van der Waals surface area contributed by atoms with E-state index in [1.807, 2.05) is 25.1 Å². The van der Waals surface area contributed by atoms with Gasteiger partial charge >= 0.3 is 0 Å². The summed E-state index contributed by atoms with van der Waals surface area (Å²) >= 11 is 0. The molecule has 4 rings (SSSR count). The highest BCUT2D eigenvalue weighted by atomic mass is 32.2. The van der Waals surface area contributed by atoms with E-state index >= 15 is 0 Å². The number of aromatic nitrogens is 1. The van der Waals surface area contributed by atoms with Crippen LogP contribution in [0.4, 0.5) is 5.69 Å². The van der Waals surface area contributed by atoms with Crippen molar-refractivity contribution in [1.82, 2.24) is 9.46 Å². The Bertz CT molecular complexity index is 1200. The Hall–Kier alpha value is -2.97. The van der Waals surface area contributed by atoms with Gasteiger partial charge in [-0.25, -0.2) is 8.42 Å². The molecule has 0 atom stereocenters. The molecule has 0 saturated carbocycles. The molecular weight excluding hydrogens is 438 g/mol. The predicted octanol–water partition coefficient (Wildman–Crippen LogP) is 4.44. The van der Waals surface area contributed by atoms with E-state index in [4.69, 9.17) is 4.52 Å². The summed E-state index contributed by atoms with van der Waals surface area (Å²) < 4.78 is 32.9. The minimum atomic E-state index is -3.57. The number of carbonyl (C=O) groups is 1. The summed E-state index contributed by atoms with van der Waals surface area (Å²) in [6, 6.07) is 16.6. The number of hydrogen-bond acceptors (Lipinski definition) is 5. The number of hydrogen-bond donors (Lipinski definition) is 1. The van der Waals surface area contributed by atoms with Gasteiger partial charge in [0, 0.05) is 18.8 Å². The van der Waals surface area contributed by atoms with E-state index in [-0.39, 0.29) is 10.8 Å². The number of nitrogens with zero attached hydrogens (tertiary/aromatic N) is 2. The Labute approximate surface area is 194 Å². The van der Waals surface area contributed by atoms with Crippen LogP contribution in [0, 0.1) is 12.8 Å². The first kappa shape index (κ1) is 23.2. The summed E-state index contributed by atoms with van der Waals surface area (Å²) in [6.45, 7) is 4.63. The molecule has 8 heteroatoms. The van der Waals surface area contributed by atoms with E-state index < -0.39 is 10.0 Å². The number of carbonyl (C=O) groups excluding carboxylic acids is 1. The Morgan fingerprint density at radius 3 is 2.39 bits per heavy atom. The summed E-state index contributed by atoms with van der Waals surface area (Å²) in [5.41, 5.74) is 2.83. The molecule has 2 aromatic carbocycles. The molecule has 174 valence electrons. The maximum Gasteiger partial charge on any atom is 0.261 e. The molecule has 1 fully saturated rings. The molecule has 1 aromatic heterocycles. The number of piperidine rings is 1. The maximum absolute atomic E-state index is 13.1. The molecule has 1 amide bonds. The van der Waals surface area contributed by atoms with Gasteiger partial charge < -0.3 is 9.84 Å². The van der Waals surface area contributed by atoms with Crippen LogP contribution in [0.25, 0.3) is 0 Å². The molecule has 1 saturated heterocycles. The number of rotatable bonds is 7. The fourth-order valence-corrected chi connectivity index (χ4v) is 5.77. The lowest BCUT2D eigenvalue weighted by molar-refractivity contribution is 0.102. The van der Waals surface area contributed by atoms with Gasteiger partial charge in [0.25, 0.3) is 5.91 Å². The highest BCUT2D eigenvalue weighted by molar-refractivity contribution is 7.89. The summed E-state index contributed by atoms with van der Waals surface area (Å²) in [7, 11) is -3.57. The molecule has 0 aliphatic carbocycles. The smallest absolute Gasteiger partial charge is 0.261 e. The molecular formula is C25H29N3O4S. The Kier molecular flexibility index (Phi) is 6.95. The van der Waals surface area contributed by atoms with Crippen molar-refractivity contribution in [2.75, 3.05) is 18.4 Å². The van der Waals surface area contributed by atoms with Crippen molar-refractivity contribution in [2.24, 2.45) is 5.92 Å². The van der Waals surface area contributed by atoms with Crippen molar-refractivity contribution in [3.8, 4) is 0 Å². The molecule has 33 heavy (non-hydrogen) atoms. The zero-order valence-corrected chi connectivity index (χ0v) is 19.8. The van der Waals surface area contributed by atoms with Crippen LogP contribution in [0.3, 0.4) is 0 Å². The summed E-state index contributed by atoms with van der Waals surface area (Å²) in [5, 5.41) is 6.70. The molecule has 1 aliphatic rings. The van der Waals surface area contributed by atoms with Gasteiger partial charge in [0.1, 0.15) is 11.3 Å². The fraction of sp³-hybridized carbons (Fsp3) is 0.360.